The molecular formula is C24H24O2. The molecule has 1 unspecified atom stereocenters. The van der Waals surface area contributed by atoms with Gasteiger partial charge in [0.1, 0.15) is 5.75 Å². The first-order valence-electron chi connectivity index (χ1n) is 9.34. The summed E-state index contributed by atoms with van der Waals surface area (Å²) in [7, 11) is 0. The van der Waals surface area contributed by atoms with Gasteiger partial charge in [0.25, 0.3) is 0 Å². The smallest absolute Gasteiger partial charge is 0.199 e. The van der Waals surface area contributed by atoms with Gasteiger partial charge in [-0.2, -0.15) is 0 Å². The minimum absolute atomic E-state index is 0.0958. The van der Waals surface area contributed by atoms with Crippen LogP contribution in [0, 0.1) is 6.92 Å². The molecule has 0 saturated carbocycles. The van der Waals surface area contributed by atoms with E-state index in [1.165, 1.54) is 34.2 Å². The summed E-state index contributed by atoms with van der Waals surface area (Å²) in [6.07, 6.45) is 3.19. The van der Waals surface area contributed by atoms with Crippen LogP contribution < -0.4 is 4.74 Å². The van der Waals surface area contributed by atoms with Crippen molar-refractivity contribution in [2.45, 2.75) is 32.5 Å². The molecule has 1 aliphatic heterocycles. The first-order valence-corrected chi connectivity index (χ1v) is 9.34. The van der Waals surface area contributed by atoms with E-state index in [1.54, 1.807) is 0 Å². The molecule has 0 spiro atoms. The Morgan fingerprint density at radius 3 is 2.27 bits per heavy atom. The van der Waals surface area contributed by atoms with Gasteiger partial charge in [0.2, 0.25) is 0 Å². The summed E-state index contributed by atoms with van der Waals surface area (Å²) in [6.45, 7) is 2.97. The van der Waals surface area contributed by atoms with Crippen LogP contribution in [0.4, 0.5) is 0 Å². The molecule has 3 aromatic carbocycles. The third-order valence-electron chi connectivity index (χ3n) is 4.90. The predicted octanol–water partition coefficient (Wildman–Crippen LogP) is 6.23. The second-order valence-corrected chi connectivity index (χ2v) is 6.83. The molecule has 1 atom stereocenters. The molecule has 1 heterocycles. The van der Waals surface area contributed by atoms with Gasteiger partial charge >= 0.3 is 0 Å². The van der Waals surface area contributed by atoms with Gasteiger partial charge in [-0.3, -0.25) is 0 Å². The van der Waals surface area contributed by atoms with Crippen LogP contribution >= 0.6 is 0 Å². The number of rotatable bonds is 4. The van der Waals surface area contributed by atoms with Crippen molar-refractivity contribution >= 4 is 0 Å². The lowest BCUT2D eigenvalue weighted by Crippen LogP contribution is -2.24. The minimum atomic E-state index is -0.0958. The second kappa shape index (κ2) is 7.76. The first-order chi connectivity index (χ1) is 12.8. The van der Waals surface area contributed by atoms with Gasteiger partial charge in [-0.25, -0.2) is 0 Å². The van der Waals surface area contributed by atoms with Crippen molar-refractivity contribution in [1.29, 1.82) is 0 Å². The van der Waals surface area contributed by atoms with Crippen LogP contribution in [0.1, 0.15) is 24.8 Å². The molecular weight excluding hydrogens is 320 g/mol. The van der Waals surface area contributed by atoms with Crippen molar-refractivity contribution in [3.8, 4) is 28.0 Å². The Labute approximate surface area is 155 Å². The Morgan fingerprint density at radius 1 is 0.808 bits per heavy atom. The van der Waals surface area contributed by atoms with Gasteiger partial charge in [-0.05, 0) is 59.7 Å². The summed E-state index contributed by atoms with van der Waals surface area (Å²) >= 11 is 0. The van der Waals surface area contributed by atoms with E-state index in [-0.39, 0.29) is 6.29 Å². The van der Waals surface area contributed by atoms with Crippen molar-refractivity contribution in [2.75, 3.05) is 6.61 Å². The molecule has 0 amide bonds. The average molecular weight is 344 g/mol. The van der Waals surface area contributed by atoms with Crippen LogP contribution in [0.15, 0.2) is 72.8 Å². The highest BCUT2D eigenvalue weighted by Crippen LogP contribution is 2.30. The summed E-state index contributed by atoms with van der Waals surface area (Å²) in [4.78, 5) is 0. The molecule has 132 valence electrons. The number of ether oxygens (including phenoxy) is 2. The topological polar surface area (TPSA) is 18.5 Å². The van der Waals surface area contributed by atoms with Crippen LogP contribution in [0.5, 0.6) is 5.75 Å². The van der Waals surface area contributed by atoms with E-state index in [4.69, 9.17) is 9.47 Å². The second-order valence-electron chi connectivity index (χ2n) is 6.83. The highest BCUT2D eigenvalue weighted by molar-refractivity contribution is 5.73. The maximum Gasteiger partial charge on any atom is 0.199 e. The summed E-state index contributed by atoms with van der Waals surface area (Å²) in [5, 5.41) is 0. The summed E-state index contributed by atoms with van der Waals surface area (Å²) < 4.78 is 11.6. The monoisotopic (exact) mass is 344 g/mol. The molecule has 4 rings (SSSR count). The van der Waals surface area contributed by atoms with E-state index in [0.717, 1.165) is 25.2 Å². The number of aryl methyl sites for hydroxylation is 1. The molecule has 2 heteroatoms. The minimum Gasteiger partial charge on any atom is -0.465 e. The quantitative estimate of drug-likeness (QED) is 0.558. The van der Waals surface area contributed by atoms with Crippen LogP contribution in [0.2, 0.25) is 0 Å². The molecule has 3 aromatic rings. The summed E-state index contributed by atoms with van der Waals surface area (Å²) in [5.74, 6) is 0.874. The van der Waals surface area contributed by atoms with Gasteiger partial charge in [-0.15, -0.1) is 0 Å². The Kier molecular flexibility index (Phi) is 5.03. The summed E-state index contributed by atoms with van der Waals surface area (Å²) in [6, 6.07) is 25.5. The Balaban J connectivity index is 1.52. The van der Waals surface area contributed by atoms with Crippen molar-refractivity contribution in [3.63, 3.8) is 0 Å². The van der Waals surface area contributed by atoms with E-state index in [9.17, 15) is 0 Å². The zero-order valence-electron chi connectivity index (χ0n) is 15.2. The molecule has 2 nitrogen and oxygen atoms in total. The van der Waals surface area contributed by atoms with Crippen LogP contribution in [0.25, 0.3) is 22.3 Å². The number of hydrogen-bond donors (Lipinski definition) is 0. The lowest BCUT2D eigenvalue weighted by atomic mass is 9.96. The number of hydrogen-bond acceptors (Lipinski definition) is 2. The van der Waals surface area contributed by atoms with Crippen molar-refractivity contribution in [1.82, 2.24) is 0 Å². The zero-order chi connectivity index (χ0) is 17.8. The fourth-order valence-electron chi connectivity index (χ4n) is 3.47. The van der Waals surface area contributed by atoms with Crippen molar-refractivity contribution in [3.05, 3.63) is 78.4 Å². The van der Waals surface area contributed by atoms with Gasteiger partial charge < -0.3 is 9.47 Å². The zero-order valence-corrected chi connectivity index (χ0v) is 15.2. The Bertz CT molecular complexity index is 847. The van der Waals surface area contributed by atoms with Crippen molar-refractivity contribution < 1.29 is 9.47 Å². The first kappa shape index (κ1) is 16.9. The van der Waals surface area contributed by atoms with Gasteiger partial charge in [0.15, 0.2) is 6.29 Å². The fourth-order valence-corrected chi connectivity index (χ4v) is 3.47. The molecule has 1 saturated heterocycles. The van der Waals surface area contributed by atoms with E-state index < -0.39 is 0 Å². The van der Waals surface area contributed by atoms with Gasteiger partial charge in [0, 0.05) is 6.42 Å². The largest absolute Gasteiger partial charge is 0.465 e. The van der Waals surface area contributed by atoms with Gasteiger partial charge in [0.05, 0.1) is 6.61 Å². The van der Waals surface area contributed by atoms with Crippen LogP contribution in [-0.4, -0.2) is 12.9 Å². The SMILES string of the molecule is Cc1cc(-c2ccccc2)ccc1-c1ccc(OC2CCCCO2)cc1. The summed E-state index contributed by atoms with van der Waals surface area (Å²) in [5.41, 5.74) is 6.24. The van der Waals surface area contributed by atoms with E-state index in [0.29, 0.717) is 0 Å². The normalized spacial score (nSPS) is 17.0. The molecule has 0 aromatic heterocycles. The third kappa shape index (κ3) is 3.81. The third-order valence-corrected chi connectivity index (χ3v) is 4.90. The maximum absolute atomic E-state index is 5.93. The van der Waals surface area contributed by atoms with E-state index in [2.05, 4.69) is 61.5 Å². The maximum atomic E-state index is 5.93. The number of benzene rings is 3. The molecule has 0 aliphatic carbocycles. The molecule has 1 aliphatic rings. The lowest BCUT2D eigenvalue weighted by molar-refractivity contribution is -0.105. The molecule has 0 radical (unpaired) electrons. The van der Waals surface area contributed by atoms with E-state index in [1.807, 2.05) is 18.2 Å². The fraction of sp³-hybridized carbons (Fsp3) is 0.250. The Hall–Kier alpha value is -2.58. The highest BCUT2D eigenvalue weighted by atomic mass is 16.7. The van der Waals surface area contributed by atoms with E-state index >= 15 is 0 Å². The molecule has 1 fully saturated rings. The van der Waals surface area contributed by atoms with Crippen LogP contribution in [-0.2, 0) is 4.74 Å². The Morgan fingerprint density at radius 2 is 1.58 bits per heavy atom. The predicted molar refractivity (Wildman–Crippen MR) is 106 cm³/mol. The van der Waals surface area contributed by atoms with Gasteiger partial charge in [-0.1, -0.05) is 60.7 Å². The molecule has 0 N–H and O–H groups in total. The van der Waals surface area contributed by atoms with Crippen molar-refractivity contribution in [2.24, 2.45) is 0 Å². The molecule has 26 heavy (non-hydrogen) atoms. The van der Waals surface area contributed by atoms with Crippen LogP contribution in [0.3, 0.4) is 0 Å². The molecule has 0 bridgehead atoms. The lowest BCUT2D eigenvalue weighted by Gasteiger charge is -2.23. The standard InChI is InChI=1S/C24H24O2/c1-18-17-21(19-7-3-2-4-8-19)12-15-23(18)20-10-13-22(14-11-20)26-24-9-5-6-16-25-24/h2-4,7-8,10-15,17,24H,5-6,9,16H2,1H3. The average Bonchev–Trinajstić information content (AvgIpc) is 2.70. The highest BCUT2D eigenvalue weighted by Gasteiger charge is 2.15.